The van der Waals surface area contributed by atoms with Crippen LogP contribution in [0.3, 0.4) is 0 Å². The van der Waals surface area contributed by atoms with Crippen molar-refractivity contribution in [2.45, 2.75) is 6.92 Å². The topological polar surface area (TPSA) is 117 Å². The van der Waals surface area contributed by atoms with E-state index in [9.17, 15) is 9.90 Å². The van der Waals surface area contributed by atoms with Crippen molar-refractivity contribution in [3.63, 3.8) is 0 Å². The van der Waals surface area contributed by atoms with E-state index in [4.69, 9.17) is 9.84 Å². The van der Waals surface area contributed by atoms with Gasteiger partial charge in [0.1, 0.15) is 11.6 Å². The third kappa shape index (κ3) is 5.03. The van der Waals surface area contributed by atoms with Crippen LogP contribution in [0.1, 0.15) is 21.6 Å². The first kappa shape index (κ1) is 24.6. The highest BCUT2D eigenvalue weighted by atomic mass is 16.5. The number of imidazole rings is 1. The third-order valence-corrected chi connectivity index (χ3v) is 6.30. The van der Waals surface area contributed by atoms with Crippen molar-refractivity contribution in [1.82, 2.24) is 19.7 Å². The summed E-state index contributed by atoms with van der Waals surface area (Å²) in [5.41, 5.74) is 8.64. The first-order valence-corrected chi connectivity index (χ1v) is 12.6. The Morgan fingerprint density at radius 1 is 0.975 bits per heavy atom. The molecular weight excluding hydrogens is 504 g/mol. The summed E-state index contributed by atoms with van der Waals surface area (Å²) in [7, 11) is 0. The van der Waals surface area contributed by atoms with Crippen LogP contribution in [0.25, 0.3) is 28.1 Å². The first-order valence-electron chi connectivity index (χ1n) is 12.6. The number of carboxylic acid groups (broad SMARTS) is 1. The van der Waals surface area contributed by atoms with Crippen molar-refractivity contribution in [2.24, 2.45) is 5.10 Å². The number of para-hydroxylation sites is 2. The zero-order chi connectivity index (χ0) is 27.5. The molecule has 0 spiro atoms. The summed E-state index contributed by atoms with van der Waals surface area (Å²) in [5.74, 6) is 0.781. The first-order chi connectivity index (χ1) is 19.5. The van der Waals surface area contributed by atoms with Gasteiger partial charge in [-0.15, -0.1) is 0 Å². The number of hydrogen-bond donors (Lipinski definition) is 3. The van der Waals surface area contributed by atoms with E-state index in [0.29, 0.717) is 23.0 Å². The highest BCUT2D eigenvalue weighted by Gasteiger charge is 2.18. The van der Waals surface area contributed by atoms with E-state index in [1.807, 2.05) is 91.9 Å². The number of nitrogens with one attached hydrogen (secondary N) is 2. The maximum atomic E-state index is 11.3. The lowest BCUT2D eigenvalue weighted by Crippen LogP contribution is -2.01. The highest BCUT2D eigenvalue weighted by Crippen LogP contribution is 2.31. The molecule has 3 N–H and O–H groups in total. The van der Waals surface area contributed by atoms with Crippen LogP contribution in [0.2, 0.25) is 0 Å². The number of rotatable bonds is 8. The van der Waals surface area contributed by atoms with Gasteiger partial charge in [0.25, 0.3) is 0 Å². The van der Waals surface area contributed by atoms with Crippen LogP contribution in [0.5, 0.6) is 11.6 Å². The molecular formula is C31H24N6O3. The normalized spacial score (nSPS) is 11.2. The minimum Gasteiger partial charge on any atom is -0.478 e. The average molecular weight is 529 g/mol. The molecule has 2 heterocycles. The number of hydrogen-bond acceptors (Lipinski definition) is 6. The maximum absolute atomic E-state index is 11.3. The second-order valence-electron chi connectivity index (χ2n) is 9.04. The van der Waals surface area contributed by atoms with E-state index in [2.05, 4.69) is 20.5 Å². The Labute approximate surface area is 229 Å². The quantitative estimate of drug-likeness (QED) is 0.150. The smallest absolute Gasteiger partial charge is 0.335 e. The van der Waals surface area contributed by atoms with Crippen molar-refractivity contribution in [1.29, 1.82) is 0 Å². The summed E-state index contributed by atoms with van der Waals surface area (Å²) in [4.78, 5) is 19.1. The van der Waals surface area contributed by atoms with Crippen molar-refractivity contribution < 1.29 is 14.6 Å². The molecule has 40 heavy (non-hydrogen) atoms. The number of nitrogens with zero attached hydrogens (tertiary/aromatic N) is 4. The fourth-order valence-corrected chi connectivity index (χ4v) is 4.26. The summed E-state index contributed by atoms with van der Waals surface area (Å²) in [6.07, 6.45) is 1.71. The van der Waals surface area contributed by atoms with Gasteiger partial charge < -0.3 is 14.8 Å². The molecule has 0 atom stereocenters. The molecule has 6 aromatic rings. The lowest BCUT2D eigenvalue weighted by Gasteiger charge is -2.10. The number of hydrazone groups is 1. The molecule has 196 valence electrons. The average Bonchev–Trinajstić information content (AvgIpc) is 3.55. The predicted molar refractivity (Wildman–Crippen MR) is 155 cm³/mol. The van der Waals surface area contributed by atoms with Gasteiger partial charge in [0.2, 0.25) is 5.88 Å². The molecule has 0 unspecified atom stereocenters. The van der Waals surface area contributed by atoms with Crippen LogP contribution in [-0.2, 0) is 0 Å². The standard InChI is InChI=1S/C31H24N6O3/c1-20-26(19-32-35-23-8-4-2-5-9-23)30(37(36-20)24-10-6-3-7-11-24)40-25-15-12-21(13-16-25)29-33-27-17-14-22(31(38)39)18-28(27)34-29/h2-19,35H,1H3,(H,33,34)(H,38,39)/b32-19+. The van der Waals surface area contributed by atoms with E-state index in [-0.39, 0.29) is 5.56 Å². The molecule has 0 aliphatic heterocycles. The van der Waals surface area contributed by atoms with Crippen LogP contribution in [0.15, 0.2) is 108 Å². The number of aromatic carboxylic acids is 1. The lowest BCUT2D eigenvalue weighted by molar-refractivity contribution is 0.0697. The fraction of sp³-hybridized carbons (Fsp3) is 0.0323. The molecule has 9 nitrogen and oxygen atoms in total. The molecule has 0 fully saturated rings. The molecule has 0 aliphatic rings. The van der Waals surface area contributed by atoms with E-state index < -0.39 is 5.97 Å². The molecule has 9 heteroatoms. The van der Waals surface area contributed by atoms with Gasteiger partial charge in [-0.3, -0.25) is 5.43 Å². The number of H-pyrrole nitrogens is 1. The van der Waals surface area contributed by atoms with Gasteiger partial charge in [0, 0.05) is 5.56 Å². The van der Waals surface area contributed by atoms with E-state index in [1.54, 1.807) is 29.1 Å². The van der Waals surface area contributed by atoms with Crippen molar-refractivity contribution in [2.75, 3.05) is 5.43 Å². The van der Waals surface area contributed by atoms with E-state index in [1.165, 1.54) is 0 Å². The molecule has 0 bridgehead atoms. The SMILES string of the molecule is Cc1nn(-c2ccccc2)c(Oc2ccc(-c3nc4cc(C(=O)O)ccc4[nH]3)cc2)c1/C=N/Nc1ccccc1. The summed E-state index contributed by atoms with van der Waals surface area (Å²) in [6, 6.07) is 31.8. The number of aromatic nitrogens is 4. The van der Waals surface area contributed by atoms with E-state index in [0.717, 1.165) is 33.7 Å². The number of aromatic amines is 1. The number of carbonyl (C=O) groups is 1. The largest absolute Gasteiger partial charge is 0.478 e. The number of aryl methyl sites for hydroxylation is 1. The van der Waals surface area contributed by atoms with Crippen molar-refractivity contribution in [3.8, 4) is 28.7 Å². The van der Waals surface area contributed by atoms with Gasteiger partial charge in [-0.2, -0.15) is 14.9 Å². The number of carboxylic acids is 1. The Bertz CT molecular complexity index is 1820. The second kappa shape index (κ2) is 10.6. The zero-order valence-electron chi connectivity index (χ0n) is 21.4. The van der Waals surface area contributed by atoms with Crippen molar-refractivity contribution in [3.05, 3.63) is 120 Å². The zero-order valence-corrected chi connectivity index (χ0v) is 21.4. The minimum absolute atomic E-state index is 0.193. The van der Waals surface area contributed by atoms with Gasteiger partial charge >= 0.3 is 5.97 Å². The van der Waals surface area contributed by atoms with Crippen LogP contribution in [-0.4, -0.2) is 37.0 Å². The molecule has 2 aromatic heterocycles. The highest BCUT2D eigenvalue weighted by molar-refractivity contribution is 5.93. The molecule has 4 aromatic carbocycles. The van der Waals surface area contributed by atoms with Gasteiger partial charge in [0.05, 0.1) is 45.4 Å². The van der Waals surface area contributed by atoms with Gasteiger partial charge in [0.15, 0.2) is 0 Å². The monoisotopic (exact) mass is 528 g/mol. The number of anilines is 1. The van der Waals surface area contributed by atoms with Gasteiger partial charge in [-0.1, -0.05) is 36.4 Å². The molecule has 0 aliphatic carbocycles. The Morgan fingerprint density at radius 3 is 2.42 bits per heavy atom. The summed E-state index contributed by atoms with van der Waals surface area (Å²) in [5, 5.41) is 18.4. The minimum atomic E-state index is -0.988. The third-order valence-electron chi connectivity index (χ3n) is 6.30. The maximum Gasteiger partial charge on any atom is 0.335 e. The van der Waals surface area contributed by atoms with E-state index >= 15 is 0 Å². The second-order valence-corrected chi connectivity index (χ2v) is 9.04. The number of benzene rings is 4. The predicted octanol–water partition coefficient (Wildman–Crippen LogP) is 6.66. The fourth-order valence-electron chi connectivity index (χ4n) is 4.26. The number of fused-ring (bicyclic) bond motifs is 1. The summed E-state index contributed by atoms with van der Waals surface area (Å²) in [6.45, 7) is 1.91. The van der Waals surface area contributed by atoms with Crippen LogP contribution in [0, 0.1) is 6.92 Å². The lowest BCUT2D eigenvalue weighted by atomic mass is 10.2. The van der Waals surface area contributed by atoms with Gasteiger partial charge in [-0.25, -0.2) is 9.78 Å². The Balaban J connectivity index is 1.30. The Hall–Kier alpha value is -5.70. The molecule has 6 rings (SSSR count). The summed E-state index contributed by atoms with van der Waals surface area (Å²) >= 11 is 0. The molecule has 0 amide bonds. The molecule has 0 saturated heterocycles. The summed E-state index contributed by atoms with van der Waals surface area (Å²) < 4.78 is 8.15. The van der Waals surface area contributed by atoms with Crippen LogP contribution >= 0.6 is 0 Å². The Morgan fingerprint density at radius 2 is 1.70 bits per heavy atom. The van der Waals surface area contributed by atoms with Crippen LogP contribution in [0.4, 0.5) is 5.69 Å². The van der Waals surface area contributed by atoms with Crippen molar-refractivity contribution >= 4 is 28.9 Å². The number of ether oxygens (including phenoxy) is 1. The van der Waals surface area contributed by atoms with Gasteiger partial charge in [-0.05, 0) is 73.7 Å². The Kier molecular flexibility index (Phi) is 6.51. The van der Waals surface area contributed by atoms with Crippen LogP contribution < -0.4 is 10.2 Å². The molecule has 0 radical (unpaired) electrons. The molecule has 0 saturated carbocycles.